The summed E-state index contributed by atoms with van der Waals surface area (Å²) in [5, 5.41) is 2.89. The summed E-state index contributed by atoms with van der Waals surface area (Å²) in [7, 11) is 0. The van der Waals surface area contributed by atoms with Crippen LogP contribution in [0.4, 0.5) is 23.4 Å². The van der Waals surface area contributed by atoms with Crippen LogP contribution in [0.25, 0.3) is 11.3 Å². The third-order valence-electron chi connectivity index (χ3n) is 4.33. The summed E-state index contributed by atoms with van der Waals surface area (Å²) in [5.41, 5.74) is 0.690. The van der Waals surface area contributed by atoms with E-state index in [2.05, 4.69) is 20.0 Å². The van der Waals surface area contributed by atoms with Crippen LogP contribution in [-0.4, -0.2) is 41.4 Å². The quantitative estimate of drug-likeness (QED) is 0.801. The molecule has 1 amide bonds. The Morgan fingerprint density at radius 2 is 1.93 bits per heavy atom. The van der Waals surface area contributed by atoms with Gasteiger partial charge in [0, 0.05) is 37.7 Å². The topological polar surface area (TPSA) is 67.4 Å². The van der Waals surface area contributed by atoms with Gasteiger partial charge in [-0.2, -0.15) is 0 Å². The van der Waals surface area contributed by atoms with E-state index in [-0.39, 0.29) is 11.9 Å². The molecule has 0 atom stereocenters. The van der Waals surface area contributed by atoms with Gasteiger partial charge in [0.2, 0.25) is 5.91 Å². The molecular weight excluding hydrogens is 380 g/mol. The van der Waals surface area contributed by atoms with E-state index in [4.69, 9.17) is 0 Å². The molecule has 3 rings (SSSR count). The molecule has 1 aromatic heterocycles. The van der Waals surface area contributed by atoms with Crippen LogP contribution in [-0.2, 0) is 4.79 Å². The van der Waals surface area contributed by atoms with E-state index in [1.807, 2.05) is 4.90 Å². The minimum Gasteiger partial charge on any atom is -0.403 e. The highest BCUT2D eigenvalue weighted by atomic mass is 19.4. The van der Waals surface area contributed by atoms with Crippen LogP contribution in [0.2, 0.25) is 0 Å². The number of carbonyl (C=O) groups is 1. The molecule has 1 N–H and O–H groups in total. The first-order chi connectivity index (χ1) is 13.2. The smallest absolute Gasteiger partial charge is 0.403 e. The third-order valence-corrected chi connectivity index (χ3v) is 4.33. The van der Waals surface area contributed by atoms with E-state index >= 15 is 0 Å². The van der Waals surface area contributed by atoms with Crippen molar-refractivity contribution in [2.45, 2.75) is 32.2 Å². The normalized spacial score (nSPS) is 15.4. The Balaban J connectivity index is 1.73. The van der Waals surface area contributed by atoms with Crippen molar-refractivity contribution < 1.29 is 27.1 Å². The van der Waals surface area contributed by atoms with Crippen LogP contribution in [0.15, 0.2) is 30.6 Å². The Labute approximate surface area is 158 Å². The van der Waals surface area contributed by atoms with Gasteiger partial charge in [-0.3, -0.25) is 4.79 Å². The Morgan fingerprint density at radius 3 is 2.54 bits per heavy atom. The molecule has 0 unspecified atom stereocenters. The van der Waals surface area contributed by atoms with Gasteiger partial charge in [0.1, 0.15) is 12.1 Å². The van der Waals surface area contributed by atoms with Crippen molar-refractivity contribution in [1.82, 2.24) is 15.3 Å². The average Bonchev–Trinajstić information content (AvgIpc) is 2.63. The van der Waals surface area contributed by atoms with Crippen molar-refractivity contribution >= 4 is 11.7 Å². The molecule has 28 heavy (non-hydrogen) atoms. The molecule has 0 aliphatic carbocycles. The monoisotopic (exact) mass is 398 g/mol. The van der Waals surface area contributed by atoms with E-state index in [0.29, 0.717) is 30.2 Å². The van der Waals surface area contributed by atoms with Crippen LogP contribution in [0.3, 0.4) is 0 Å². The van der Waals surface area contributed by atoms with Crippen molar-refractivity contribution in [3.05, 3.63) is 36.4 Å². The number of ether oxygens (including phenoxy) is 1. The second-order valence-corrected chi connectivity index (χ2v) is 6.42. The molecule has 2 heterocycles. The maximum atomic E-state index is 14.0. The van der Waals surface area contributed by atoms with Crippen LogP contribution >= 0.6 is 0 Å². The summed E-state index contributed by atoms with van der Waals surface area (Å²) in [6.45, 7) is 2.83. The fourth-order valence-electron chi connectivity index (χ4n) is 3.09. The number of carbonyl (C=O) groups excluding carboxylic acids is 1. The van der Waals surface area contributed by atoms with Gasteiger partial charge in [-0.15, -0.1) is 13.2 Å². The van der Waals surface area contributed by atoms with Crippen molar-refractivity contribution in [2.75, 3.05) is 18.0 Å². The number of halogens is 4. The van der Waals surface area contributed by atoms with Crippen molar-refractivity contribution in [1.29, 1.82) is 0 Å². The first kappa shape index (κ1) is 19.8. The van der Waals surface area contributed by atoms with Gasteiger partial charge in [0.15, 0.2) is 11.6 Å². The standard InChI is InChI=1S/C18H18F4N4O2/c1-11(27)25-13-4-6-26(7-5-13)17-9-15(23-10-24-17)12-2-3-16(14(19)8-12)28-18(20,21)22/h2-3,8-10,13H,4-7H2,1H3,(H,25,27). The van der Waals surface area contributed by atoms with Crippen LogP contribution < -0.4 is 15.0 Å². The summed E-state index contributed by atoms with van der Waals surface area (Å²) >= 11 is 0. The zero-order valence-corrected chi connectivity index (χ0v) is 15.0. The van der Waals surface area contributed by atoms with E-state index in [1.54, 1.807) is 6.07 Å². The lowest BCUT2D eigenvalue weighted by molar-refractivity contribution is -0.275. The van der Waals surface area contributed by atoms with E-state index in [1.165, 1.54) is 19.3 Å². The summed E-state index contributed by atoms with van der Waals surface area (Å²) in [6.07, 6.45) is -2.12. The first-order valence-electron chi connectivity index (χ1n) is 8.61. The molecule has 1 saturated heterocycles. The Bertz CT molecular complexity index is 852. The minimum absolute atomic E-state index is 0.0669. The van der Waals surface area contributed by atoms with E-state index in [0.717, 1.165) is 25.0 Å². The van der Waals surface area contributed by atoms with Crippen molar-refractivity contribution in [3.8, 4) is 17.0 Å². The average molecular weight is 398 g/mol. The summed E-state index contributed by atoms with van der Waals surface area (Å²) in [5.74, 6) is -1.47. The van der Waals surface area contributed by atoms with Gasteiger partial charge in [-0.1, -0.05) is 0 Å². The lowest BCUT2D eigenvalue weighted by Gasteiger charge is -2.33. The molecule has 2 aromatic rings. The predicted octanol–water partition coefficient (Wildman–Crippen LogP) is 3.29. The van der Waals surface area contributed by atoms with Crippen molar-refractivity contribution in [3.63, 3.8) is 0 Å². The lowest BCUT2D eigenvalue weighted by Crippen LogP contribution is -2.44. The largest absolute Gasteiger partial charge is 0.573 e. The highest BCUT2D eigenvalue weighted by Gasteiger charge is 2.32. The number of anilines is 1. The van der Waals surface area contributed by atoms with Gasteiger partial charge < -0.3 is 15.0 Å². The summed E-state index contributed by atoms with van der Waals surface area (Å²) in [6, 6.07) is 4.93. The van der Waals surface area contributed by atoms with Gasteiger partial charge in [-0.05, 0) is 31.0 Å². The maximum Gasteiger partial charge on any atom is 0.573 e. The van der Waals surface area contributed by atoms with Crippen LogP contribution in [0, 0.1) is 5.82 Å². The molecule has 1 fully saturated rings. The lowest BCUT2D eigenvalue weighted by atomic mass is 10.0. The van der Waals surface area contributed by atoms with Gasteiger partial charge in [0.25, 0.3) is 0 Å². The van der Waals surface area contributed by atoms with E-state index in [9.17, 15) is 22.4 Å². The number of rotatable bonds is 4. The van der Waals surface area contributed by atoms with Gasteiger partial charge >= 0.3 is 6.36 Å². The number of alkyl halides is 3. The fraction of sp³-hybridized carbons (Fsp3) is 0.389. The molecular formula is C18H18F4N4O2. The minimum atomic E-state index is -4.96. The van der Waals surface area contributed by atoms with Crippen molar-refractivity contribution in [2.24, 2.45) is 0 Å². The molecule has 0 bridgehead atoms. The molecule has 0 radical (unpaired) electrons. The Kier molecular flexibility index (Phi) is 5.66. The number of hydrogen-bond acceptors (Lipinski definition) is 5. The van der Waals surface area contributed by atoms with Gasteiger partial charge in [-0.25, -0.2) is 14.4 Å². The molecule has 0 spiro atoms. The fourth-order valence-corrected chi connectivity index (χ4v) is 3.09. The molecule has 150 valence electrons. The Hall–Kier alpha value is -2.91. The zero-order valence-electron chi connectivity index (χ0n) is 15.0. The number of aromatic nitrogens is 2. The van der Waals surface area contributed by atoms with Crippen LogP contribution in [0.1, 0.15) is 19.8 Å². The zero-order chi connectivity index (χ0) is 20.3. The summed E-state index contributed by atoms with van der Waals surface area (Å²) in [4.78, 5) is 21.5. The molecule has 10 heteroatoms. The number of benzene rings is 1. The molecule has 0 saturated carbocycles. The van der Waals surface area contributed by atoms with Gasteiger partial charge in [0.05, 0.1) is 5.69 Å². The third kappa shape index (κ3) is 5.08. The predicted molar refractivity (Wildman–Crippen MR) is 93.2 cm³/mol. The molecule has 1 aliphatic heterocycles. The number of nitrogens with zero attached hydrogens (tertiary/aromatic N) is 3. The second kappa shape index (κ2) is 7.99. The number of amides is 1. The van der Waals surface area contributed by atoms with Crippen LogP contribution in [0.5, 0.6) is 5.75 Å². The second-order valence-electron chi connectivity index (χ2n) is 6.42. The number of hydrogen-bond donors (Lipinski definition) is 1. The highest BCUT2D eigenvalue weighted by molar-refractivity contribution is 5.73. The maximum absolute atomic E-state index is 14.0. The number of nitrogens with one attached hydrogen (secondary N) is 1. The van der Waals surface area contributed by atoms with E-state index < -0.39 is 17.9 Å². The first-order valence-corrected chi connectivity index (χ1v) is 8.61. The highest BCUT2D eigenvalue weighted by Crippen LogP contribution is 2.30. The molecule has 1 aliphatic rings. The molecule has 1 aromatic carbocycles. The summed E-state index contributed by atoms with van der Waals surface area (Å²) < 4.78 is 54.4. The Morgan fingerprint density at radius 1 is 1.21 bits per heavy atom. The number of piperidine rings is 1. The molecule has 6 nitrogen and oxygen atoms in total. The SMILES string of the molecule is CC(=O)NC1CCN(c2cc(-c3ccc(OC(F)(F)F)c(F)c3)ncn2)CC1.